The van der Waals surface area contributed by atoms with Crippen LogP contribution in [-0.2, 0) is 18.4 Å². The van der Waals surface area contributed by atoms with Crippen molar-refractivity contribution in [2.45, 2.75) is 19.8 Å². The fraction of sp³-hybridized carbons (Fsp3) is 0.909. The standard InChI is InChI=1S/C11H24NO5P/c1-5-16-18(4,15)17-10-9-12(2,3)8-6-7-11(13)14/h5-10H2,1-4H3/p+1. The SMILES string of the molecule is CCOP(C)(=O)OCC[N+](C)(C)CCCC(=O)O. The van der Waals surface area contributed by atoms with Crippen LogP contribution < -0.4 is 0 Å². The lowest BCUT2D eigenvalue weighted by Gasteiger charge is -2.29. The zero-order chi connectivity index (χ0) is 14.2. The van der Waals surface area contributed by atoms with Crippen molar-refractivity contribution in [3.8, 4) is 0 Å². The Morgan fingerprint density at radius 1 is 1.28 bits per heavy atom. The van der Waals surface area contributed by atoms with Crippen molar-refractivity contribution < 1.29 is 28.0 Å². The van der Waals surface area contributed by atoms with Gasteiger partial charge in [0.05, 0.1) is 33.7 Å². The van der Waals surface area contributed by atoms with E-state index < -0.39 is 13.6 Å². The van der Waals surface area contributed by atoms with Crippen LogP contribution in [0.1, 0.15) is 19.8 Å². The third-order valence-corrected chi connectivity index (χ3v) is 3.92. The van der Waals surface area contributed by atoms with Crippen LogP contribution in [0.3, 0.4) is 0 Å². The summed E-state index contributed by atoms with van der Waals surface area (Å²) in [6.45, 7) is 5.35. The highest BCUT2D eigenvalue weighted by molar-refractivity contribution is 7.52. The van der Waals surface area contributed by atoms with Crippen LogP contribution in [0.4, 0.5) is 0 Å². The lowest BCUT2D eigenvalue weighted by molar-refractivity contribution is -0.890. The Hall–Kier alpha value is -0.420. The molecule has 1 atom stereocenters. The van der Waals surface area contributed by atoms with Crippen molar-refractivity contribution in [1.82, 2.24) is 0 Å². The Morgan fingerprint density at radius 2 is 1.89 bits per heavy atom. The summed E-state index contributed by atoms with van der Waals surface area (Å²) >= 11 is 0. The van der Waals surface area contributed by atoms with E-state index in [0.29, 0.717) is 30.7 Å². The maximum absolute atomic E-state index is 11.7. The van der Waals surface area contributed by atoms with Gasteiger partial charge in [0, 0.05) is 13.1 Å². The summed E-state index contributed by atoms with van der Waals surface area (Å²) in [4.78, 5) is 10.4. The highest BCUT2D eigenvalue weighted by atomic mass is 31.2. The molecule has 1 unspecified atom stereocenters. The van der Waals surface area contributed by atoms with Crippen LogP contribution in [0.5, 0.6) is 0 Å². The van der Waals surface area contributed by atoms with Crippen LogP contribution in [0, 0.1) is 0 Å². The molecule has 0 aromatic carbocycles. The van der Waals surface area contributed by atoms with Gasteiger partial charge in [0.2, 0.25) is 0 Å². The molecule has 0 aliphatic heterocycles. The van der Waals surface area contributed by atoms with E-state index in [4.69, 9.17) is 14.2 Å². The van der Waals surface area contributed by atoms with Gasteiger partial charge in [-0.2, -0.15) is 0 Å². The summed E-state index contributed by atoms with van der Waals surface area (Å²) < 4.78 is 22.6. The highest BCUT2D eigenvalue weighted by Gasteiger charge is 2.20. The molecule has 0 saturated carbocycles. The van der Waals surface area contributed by atoms with Gasteiger partial charge in [-0.05, 0) is 6.92 Å². The summed E-state index contributed by atoms with van der Waals surface area (Å²) in [5, 5.41) is 8.57. The van der Waals surface area contributed by atoms with E-state index in [0.717, 1.165) is 6.54 Å². The molecule has 0 aliphatic carbocycles. The first kappa shape index (κ1) is 17.6. The first-order chi connectivity index (χ1) is 8.18. The molecular formula is C11H25NO5P+. The van der Waals surface area contributed by atoms with Gasteiger partial charge in [-0.3, -0.25) is 9.36 Å². The molecule has 0 bridgehead atoms. The number of hydrogen-bond donors (Lipinski definition) is 1. The summed E-state index contributed by atoms with van der Waals surface area (Å²) in [6.07, 6.45) is 0.797. The smallest absolute Gasteiger partial charge is 0.327 e. The number of quaternary nitrogens is 1. The van der Waals surface area contributed by atoms with Crippen molar-refractivity contribution in [1.29, 1.82) is 0 Å². The zero-order valence-electron chi connectivity index (χ0n) is 11.7. The number of carboxylic acid groups (broad SMARTS) is 1. The van der Waals surface area contributed by atoms with Gasteiger partial charge in [0.1, 0.15) is 13.2 Å². The fourth-order valence-electron chi connectivity index (χ4n) is 1.50. The molecule has 0 fully saturated rings. The van der Waals surface area contributed by atoms with Gasteiger partial charge in [-0.25, -0.2) is 0 Å². The van der Waals surface area contributed by atoms with Gasteiger partial charge in [-0.15, -0.1) is 0 Å². The van der Waals surface area contributed by atoms with E-state index in [1.165, 1.54) is 6.66 Å². The molecule has 0 radical (unpaired) electrons. The average molecular weight is 282 g/mol. The molecule has 0 aromatic rings. The van der Waals surface area contributed by atoms with Crippen molar-refractivity contribution in [2.75, 3.05) is 47.1 Å². The lowest BCUT2D eigenvalue weighted by atomic mass is 10.3. The van der Waals surface area contributed by atoms with Crippen molar-refractivity contribution in [3.05, 3.63) is 0 Å². The summed E-state index contributed by atoms with van der Waals surface area (Å²) in [5.74, 6) is -0.777. The quantitative estimate of drug-likeness (QED) is 0.488. The van der Waals surface area contributed by atoms with Crippen LogP contribution in [0.15, 0.2) is 0 Å². The average Bonchev–Trinajstić information content (AvgIpc) is 2.15. The molecular weight excluding hydrogens is 257 g/mol. The second-order valence-electron chi connectivity index (χ2n) is 4.90. The minimum absolute atomic E-state index is 0.174. The van der Waals surface area contributed by atoms with Crippen molar-refractivity contribution >= 4 is 13.6 Å². The van der Waals surface area contributed by atoms with Gasteiger partial charge < -0.3 is 18.6 Å². The maximum Gasteiger partial charge on any atom is 0.327 e. The Bertz CT molecular complexity index is 306. The number of carboxylic acids is 1. The van der Waals surface area contributed by atoms with E-state index in [1.54, 1.807) is 6.92 Å². The third-order valence-electron chi connectivity index (χ3n) is 2.54. The summed E-state index contributed by atoms with van der Waals surface area (Å²) in [6, 6.07) is 0. The zero-order valence-corrected chi connectivity index (χ0v) is 12.6. The molecule has 18 heavy (non-hydrogen) atoms. The summed E-state index contributed by atoms with van der Waals surface area (Å²) in [5.41, 5.74) is 0. The molecule has 108 valence electrons. The molecule has 7 heteroatoms. The molecule has 0 spiro atoms. The minimum Gasteiger partial charge on any atom is -0.481 e. The minimum atomic E-state index is -2.92. The van der Waals surface area contributed by atoms with E-state index in [2.05, 4.69) is 0 Å². The van der Waals surface area contributed by atoms with Crippen molar-refractivity contribution in [2.24, 2.45) is 0 Å². The number of aliphatic carboxylic acids is 1. The molecule has 0 saturated heterocycles. The number of hydrogen-bond acceptors (Lipinski definition) is 4. The molecule has 0 amide bonds. The highest BCUT2D eigenvalue weighted by Crippen LogP contribution is 2.43. The second kappa shape index (κ2) is 7.89. The Labute approximate surface area is 109 Å². The fourth-order valence-corrected chi connectivity index (χ4v) is 2.45. The Balaban J connectivity index is 3.89. The molecule has 0 rings (SSSR count). The third kappa shape index (κ3) is 9.59. The first-order valence-electron chi connectivity index (χ1n) is 6.09. The number of likely N-dealkylation sites (N-methyl/N-ethyl adjacent to an activating group) is 1. The van der Waals surface area contributed by atoms with Crippen molar-refractivity contribution in [3.63, 3.8) is 0 Å². The predicted octanol–water partition coefficient (Wildman–Crippen LogP) is 1.80. The summed E-state index contributed by atoms with van der Waals surface area (Å²) in [7, 11) is 1.06. The van der Waals surface area contributed by atoms with Crippen LogP contribution in [0.2, 0.25) is 0 Å². The van der Waals surface area contributed by atoms with Crippen LogP contribution >= 0.6 is 7.60 Å². The van der Waals surface area contributed by atoms with Gasteiger partial charge in [0.25, 0.3) is 0 Å². The monoisotopic (exact) mass is 282 g/mol. The van der Waals surface area contributed by atoms with Crippen LogP contribution in [-0.4, -0.2) is 62.6 Å². The predicted molar refractivity (Wildman–Crippen MR) is 69.8 cm³/mol. The Kier molecular flexibility index (Phi) is 7.71. The van der Waals surface area contributed by atoms with E-state index >= 15 is 0 Å². The molecule has 6 nitrogen and oxygen atoms in total. The van der Waals surface area contributed by atoms with E-state index in [-0.39, 0.29) is 6.42 Å². The molecule has 1 N–H and O–H groups in total. The number of rotatable bonds is 10. The molecule has 0 aromatic heterocycles. The lowest BCUT2D eigenvalue weighted by Crippen LogP contribution is -2.43. The van der Waals surface area contributed by atoms with Gasteiger partial charge >= 0.3 is 13.6 Å². The van der Waals surface area contributed by atoms with E-state index in [1.807, 2.05) is 14.1 Å². The molecule has 0 heterocycles. The largest absolute Gasteiger partial charge is 0.481 e. The Morgan fingerprint density at radius 3 is 2.39 bits per heavy atom. The second-order valence-corrected chi connectivity index (χ2v) is 6.96. The number of carbonyl (C=O) groups is 1. The normalized spacial score (nSPS) is 15.3. The van der Waals surface area contributed by atoms with Gasteiger partial charge in [0.15, 0.2) is 0 Å². The first-order valence-corrected chi connectivity index (χ1v) is 8.08. The maximum atomic E-state index is 11.7. The van der Waals surface area contributed by atoms with E-state index in [9.17, 15) is 9.36 Å². The molecule has 0 aliphatic rings. The topological polar surface area (TPSA) is 72.8 Å². The van der Waals surface area contributed by atoms with Crippen LogP contribution in [0.25, 0.3) is 0 Å². The van der Waals surface area contributed by atoms with Gasteiger partial charge in [-0.1, -0.05) is 0 Å². The number of nitrogens with zero attached hydrogens (tertiary/aromatic N) is 1.